The van der Waals surface area contributed by atoms with Crippen molar-refractivity contribution in [1.29, 1.82) is 0 Å². The molecule has 174 valence electrons. The Balaban J connectivity index is 1.54. The number of nitrogens with one attached hydrogen (secondary N) is 2. The number of aliphatic hydroxyl groups is 1. The topological polar surface area (TPSA) is 105 Å². The molecule has 1 aromatic heterocycles. The highest BCUT2D eigenvalue weighted by Gasteiger charge is 2.15. The van der Waals surface area contributed by atoms with Gasteiger partial charge in [0, 0.05) is 12.2 Å². The number of nitrogens with zero attached hydrogens (tertiary/aromatic N) is 2. The molecule has 10 heteroatoms. The van der Waals surface area contributed by atoms with Crippen LogP contribution in [0.4, 0.5) is 10.1 Å². The minimum absolute atomic E-state index is 0.0695. The van der Waals surface area contributed by atoms with Crippen LogP contribution in [0, 0.1) is 5.82 Å². The molecule has 0 radical (unpaired) electrons. The van der Waals surface area contributed by atoms with Crippen LogP contribution >= 0.6 is 11.8 Å². The number of ether oxygens (including phenoxy) is 1. The minimum Gasteiger partial charge on any atom is -0.494 e. The number of hydrogen-bond donors (Lipinski definition) is 3. The zero-order valence-corrected chi connectivity index (χ0v) is 18.9. The Morgan fingerprint density at radius 1 is 1.12 bits per heavy atom. The monoisotopic (exact) mass is 472 g/mol. The summed E-state index contributed by atoms with van der Waals surface area (Å²) in [5, 5.41) is 15.6. The first-order valence-corrected chi connectivity index (χ1v) is 11.3. The van der Waals surface area contributed by atoms with Crippen LogP contribution in [0.3, 0.4) is 0 Å². The summed E-state index contributed by atoms with van der Waals surface area (Å²) in [6.07, 6.45) is 1.47. The van der Waals surface area contributed by atoms with Gasteiger partial charge in [-0.1, -0.05) is 23.9 Å². The van der Waals surface area contributed by atoms with Crippen molar-refractivity contribution < 1.29 is 23.8 Å². The molecule has 3 aromatic rings. The van der Waals surface area contributed by atoms with E-state index >= 15 is 0 Å². The van der Waals surface area contributed by atoms with Gasteiger partial charge in [-0.2, -0.15) is 0 Å². The second-order valence-corrected chi connectivity index (χ2v) is 7.92. The Morgan fingerprint density at radius 2 is 1.85 bits per heavy atom. The van der Waals surface area contributed by atoms with Gasteiger partial charge in [0.25, 0.3) is 0 Å². The van der Waals surface area contributed by atoms with Crippen LogP contribution in [-0.2, 0) is 29.3 Å². The van der Waals surface area contributed by atoms with Gasteiger partial charge in [0.2, 0.25) is 11.8 Å². The lowest BCUT2D eigenvalue weighted by molar-refractivity contribution is -0.122. The molecule has 8 nitrogen and oxygen atoms in total. The molecule has 0 aliphatic rings. The third-order valence-electron chi connectivity index (χ3n) is 4.55. The van der Waals surface area contributed by atoms with Crippen molar-refractivity contribution in [2.24, 2.45) is 0 Å². The molecule has 0 unspecified atom stereocenters. The van der Waals surface area contributed by atoms with Gasteiger partial charge >= 0.3 is 0 Å². The number of rotatable bonds is 11. The van der Waals surface area contributed by atoms with Crippen molar-refractivity contribution in [2.45, 2.75) is 31.8 Å². The van der Waals surface area contributed by atoms with E-state index in [1.165, 1.54) is 18.3 Å². The van der Waals surface area contributed by atoms with Crippen LogP contribution in [0.2, 0.25) is 0 Å². The average Bonchev–Trinajstić information content (AvgIpc) is 3.20. The SMILES string of the molecule is CCOc1ccc(NC(=O)CSc2ncc(CO)n2CC(=O)NCc2ccc(F)cc2)cc1. The fourth-order valence-electron chi connectivity index (χ4n) is 2.93. The summed E-state index contributed by atoms with van der Waals surface area (Å²) in [6, 6.07) is 12.9. The second kappa shape index (κ2) is 12.0. The lowest BCUT2D eigenvalue weighted by Crippen LogP contribution is -2.28. The molecule has 3 N–H and O–H groups in total. The van der Waals surface area contributed by atoms with Gasteiger partial charge in [0.05, 0.1) is 30.9 Å². The number of benzene rings is 2. The van der Waals surface area contributed by atoms with Crippen LogP contribution < -0.4 is 15.4 Å². The molecular weight excluding hydrogens is 447 g/mol. The van der Waals surface area contributed by atoms with Crippen LogP contribution in [-0.4, -0.2) is 38.8 Å². The standard InChI is InChI=1S/C23H25FN4O4S/c1-2-32-20-9-7-18(8-10-20)27-22(31)15-33-23-26-12-19(14-29)28(23)13-21(30)25-11-16-3-5-17(24)6-4-16/h3-10,12,29H,2,11,13-15H2,1H3,(H,25,30)(H,27,31). The first kappa shape index (κ1) is 24.3. The molecule has 3 rings (SSSR count). The van der Waals surface area contributed by atoms with Crippen LogP contribution in [0.5, 0.6) is 5.75 Å². The summed E-state index contributed by atoms with van der Waals surface area (Å²) in [5.74, 6) is -0.0741. The van der Waals surface area contributed by atoms with E-state index in [4.69, 9.17) is 4.74 Å². The normalized spacial score (nSPS) is 10.6. The predicted molar refractivity (Wildman–Crippen MR) is 123 cm³/mol. The van der Waals surface area contributed by atoms with Gasteiger partial charge in [-0.3, -0.25) is 9.59 Å². The van der Waals surface area contributed by atoms with Gasteiger partial charge in [-0.05, 0) is 48.9 Å². The summed E-state index contributed by atoms with van der Waals surface area (Å²) >= 11 is 1.16. The number of halogens is 1. The first-order chi connectivity index (χ1) is 16.0. The number of amides is 2. The largest absolute Gasteiger partial charge is 0.494 e. The van der Waals surface area contributed by atoms with E-state index in [1.807, 2.05) is 6.92 Å². The summed E-state index contributed by atoms with van der Waals surface area (Å²) in [6.45, 7) is 2.34. The molecule has 0 spiro atoms. The number of thioether (sulfide) groups is 1. The maximum absolute atomic E-state index is 13.0. The number of aliphatic hydroxyl groups excluding tert-OH is 1. The van der Waals surface area contributed by atoms with E-state index in [0.29, 0.717) is 23.1 Å². The quantitative estimate of drug-likeness (QED) is 0.371. The van der Waals surface area contributed by atoms with Crippen molar-refractivity contribution in [3.63, 3.8) is 0 Å². The van der Waals surface area contributed by atoms with E-state index in [9.17, 15) is 19.1 Å². The predicted octanol–water partition coefficient (Wildman–Crippen LogP) is 2.96. The van der Waals surface area contributed by atoms with Gasteiger partial charge < -0.3 is 25.0 Å². The molecular formula is C23H25FN4O4S. The summed E-state index contributed by atoms with van der Waals surface area (Å²) in [7, 11) is 0. The molecule has 0 aliphatic carbocycles. The number of imidazole rings is 1. The van der Waals surface area contributed by atoms with Crippen molar-refractivity contribution in [1.82, 2.24) is 14.9 Å². The zero-order chi connectivity index (χ0) is 23.6. The summed E-state index contributed by atoms with van der Waals surface area (Å²) < 4.78 is 19.9. The lowest BCUT2D eigenvalue weighted by Gasteiger charge is -2.11. The van der Waals surface area contributed by atoms with Gasteiger partial charge in [-0.25, -0.2) is 9.37 Å². The van der Waals surface area contributed by atoms with E-state index < -0.39 is 0 Å². The third-order valence-corrected chi connectivity index (χ3v) is 5.54. The maximum Gasteiger partial charge on any atom is 0.240 e. The molecule has 2 aromatic carbocycles. The Bertz CT molecular complexity index is 1070. The molecule has 0 bridgehead atoms. The molecule has 0 fully saturated rings. The Hall–Kier alpha value is -3.37. The summed E-state index contributed by atoms with van der Waals surface area (Å²) in [5.41, 5.74) is 1.86. The van der Waals surface area contributed by atoms with Gasteiger partial charge in [-0.15, -0.1) is 0 Å². The smallest absolute Gasteiger partial charge is 0.240 e. The molecule has 0 atom stereocenters. The molecule has 1 heterocycles. The fourth-order valence-corrected chi connectivity index (χ4v) is 3.73. The molecule has 33 heavy (non-hydrogen) atoms. The third kappa shape index (κ3) is 7.33. The van der Waals surface area contributed by atoms with Gasteiger partial charge in [0.1, 0.15) is 18.1 Å². The molecule has 0 aliphatic heterocycles. The fraction of sp³-hybridized carbons (Fsp3) is 0.261. The zero-order valence-electron chi connectivity index (χ0n) is 18.1. The number of aromatic nitrogens is 2. The molecule has 0 saturated carbocycles. The van der Waals surface area contributed by atoms with Crippen LogP contribution in [0.15, 0.2) is 59.9 Å². The van der Waals surface area contributed by atoms with Crippen LogP contribution in [0.25, 0.3) is 0 Å². The van der Waals surface area contributed by atoms with Crippen molar-refractivity contribution in [3.8, 4) is 5.75 Å². The van der Waals surface area contributed by atoms with Crippen molar-refractivity contribution >= 4 is 29.3 Å². The Labute approximate surface area is 195 Å². The molecule has 2 amide bonds. The Morgan fingerprint density at radius 3 is 2.52 bits per heavy atom. The van der Waals surface area contributed by atoms with Gasteiger partial charge in [0.15, 0.2) is 5.16 Å². The van der Waals surface area contributed by atoms with E-state index in [-0.39, 0.29) is 43.1 Å². The maximum atomic E-state index is 13.0. The number of carbonyl (C=O) groups excluding carboxylic acids is 2. The first-order valence-electron chi connectivity index (χ1n) is 10.3. The second-order valence-electron chi connectivity index (χ2n) is 6.97. The van der Waals surface area contributed by atoms with E-state index in [2.05, 4.69) is 15.6 Å². The Kier molecular flexibility index (Phi) is 8.85. The highest BCUT2D eigenvalue weighted by Crippen LogP contribution is 2.20. The number of carbonyl (C=O) groups is 2. The highest BCUT2D eigenvalue weighted by atomic mass is 32.2. The minimum atomic E-state index is -0.343. The van der Waals surface area contributed by atoms with Crippen LogP contribution in [0.1, 0.15) is 18.2 Å². The summed E-state index contributed by atoms with van der Waals surface area (Å²) in [4.78, 5) is 29.0. The van der Waals surface area contributed by atoms with Crippen molar-refractivity contribution in [2.75, 3.05) is 17.7 Å². The highest BCUT2D eigenvalue weighted by molar-refractivity contribution is 7.99. The number of hydrogen-bond acceptors (Lipinski definition) is 6. The molecule has 0 saturated heterocycles. The lowest BCUT2D eigenvalue weighted by atomic mass is 10.2. The number of anilines is 1. The van der Waals surface area contributed by atoms with Crippen molar-refractivity contribution in [3.05, 3.63) is 71.8 Å². The van der Waals surface area contributed by atoms with E-state index in [1.54, 1.807) is 41.0 Å². The van der Waals surface area contributed by atoms with E-state index in [0.717, 1.165) is 23.1 Å². The average molecular weight is 473 g/mol.